The second kappa shape index (κ2) is 13.8. The standard InChI is InChI=1S/C56H34N2O2/c1-3-13-38(14-4-1)49-34-50(58-56(57-49)40-15-5-2-6-16-40)39-31-27-36(28-32-39)35-25-29-37(30-26-35)41-20-12-24-52-53(41)48-33-47(42-17-7-8-19-44(42)55(48)60-52)46-22-11-21-45-43-18-9-10-23-51(43)59-54(45)46/h1-34H. The Kier molecular flexibility index (Phi) is 7.82. The van der Waals surface area contributed by atoms with Gasteiger partial charge in [-0.05, 0) is 57.5 Å². The van der Waals surface area contributed by atoms with Crippen molar-refractivity contribution in [3.63, 3.8) is 0 Å². The largest absolute Gasteiger partial charge is 0.455 e. The van der Waals surface area contributed by atoms with Crippen LogP contribution in [-0.2, 0) is 0 Å². The van der Waals surface area contributed by atoms with Gasteiger partial charge in [0.1, 0.15) is 22.3 Å². The van der Waals surface area contributed by atoms with E-state index in [-0.39, 0.29) is 0 Å². The molecule has 0 N–H and O–H groups in total. The maximum atomic E-state index is 6.73. The number of nitrogens with zero attached hydrogens (tertiary/aromatic N) is 2. The van der Waals surface area contributed by atoms with Gasteiger partial charge in [-0.15, -0.1) is 0 Å². The van der Waals surface area contributed by atoms with Crippen LogP contribution < -0.4 is 0 Å². The van der Waals surface area contributed by atoms with Crippen LogP contribution in [-0.4, -0.2) is 9.97 Å². The molecule has 0 amide bonds. The number of benzene rings is 9. The molecule has 0 spiro atoms. The summed E-state index contributed by atoms with van der Waals surface area (Å²) in [5.74, 6) is 0.708. The summed E-state index contributed by atoms with van der Waals surface area (Å²) >= 11 is 0. The summed E-state index contributed by atoms with van der Waals surface area (Å²) < 4.78 is 13.3. The minimum Gasteiger partial charge on any atom is -0.455 e. The van der Waals surface area contributed by atoms with E-state index in [1.165, 1.54) is 0 Å². The van der Waals surface area contributed by atoms with Gasteiger partial charge in [0.25, 0.3) is 0 Å². The zero-order valence-corrected chi connectivity index (χ0v) is 32.3. The molecule has 0 fully saturated rings. The van der Waals surface area contributed by atoms with E-state index in [2.05, 4.69) is 158 Å². The lowest BCUT2D eigenvalue weighted by atomic mass is 9.92. The molecule has 60 heavy (non-hydrogen) atoms. The highest BCUT2D eigenvalue weighted by atomic mass is 16.3. The van der Waals surface area contributed by atoms with E-state index in [0.717, 1.165) is 116 Å². The highest BCUT2D eigenvalue weighted by Gasteiger charge is 2.20. The summed E-state index contributed by atoms with van der Waals surface area (Å²) in [6, 6.07) is 72.0. The average Bonchev–Trinajstić information content (AvgIpc) is 3.91. The van der Waals surface area contributed by atoms with Gasteiger partial charge in [-0.2, -0.15) is 0 Å². The topological polar surface area (TPSA) is 52.1 Å². The maximum Gasteiger partial charge on any atom is 0.160 e. The first-order valence-corrected chi connectivity index (χ1v) is 20.2. The molecule has 9 aromatic carbocycles. The van der Waals surface area contributed by atoms with Gasteiger partial charge >= 0.3 is 0 Å². The van der Waals surface area contributed by atoms with E-state index in [0.29, 0.717) is 5.82 Å². The summed E-state index contributed by atoms with van der Waals surface area (Å²) in [4.78, 5) is 9.99. The Bertz CT molecular complexity index is 3510. The summed E-state index contributed by atoms with van der Waals surface area (Å²) in [5.41, 5.74) is 15.1. The average molecular weight is 767 g/mol. The van der Waals surface area contributed by atoms with Crippen LogP contribution in [0.15, 0.2) is 215 Å². The van der Waals surface area contributed by atoms with Crippen LogP contribution >= 0.6 is 0 Å². The van der Waals surface area contributed by atoms with Crippen molar-refractivity contribution in [1.29, 1.82) is 0 Å². The predicted molar refractivity (Wildman–Crippen MR) is 247 cm³/mol. The van der Waals surface area contributed by atoms with Gasteiger partial charge < -0.3 is 8.83 Å². The molecule has 0 aliphatic rings. The van der Waals surface area contributed by atoms with Crippen molar-refractivity contribution in [2.45, 2.75) is 0 Å². The number of aromatic nitrogens is 2. The van der Waals surface area contributed by atoms with Gasteiger partial charge in [0.15, 0.2) is 5.82 Å². The first kappa shape index (κ1) is 34.0. The van der Waals surface area contributed by atoms with Crippen LogP contribution in [0.25, 0.3) is 122 Å². The molecule has 0 saturated heterocycles. The summed E-state index contributed by atoms with van der Waals surface area (Å²) in [7, 11) is 0. The third kappa shape index (κ3) is 5.61. The van der Waals surface area contributed by atoms with E-state index in [1.54, 1.807) is 0 Å². The molecule has 3 heterocycles. The molecule has 3 aromatic heterocycles. The van der Waals surface area contributed by atoms with Crippen molar-refractivity contribution in [2.24, 2.45) is 0 Å². The molecule has 4 heteroatoms. The molecule has 12 rings (SSSR count). The van der Waals surface area contributed by atoms with E-state index in [4.69, 9.17) is 18.8 Å². The fourth-order valence-corrected chi connectivity index (χ4v) is 8.81. The summed E-state index contributed by atoms with van der Waals surface area (Å²) in [5, 5.41) is 6.62. The lowest BCUT2D eigenvalue weighted by Crippen LogP contribution is -1.95. The first-order valence-electron chi connectivity index (χ1n) is 20.2. The van der Waals surface area contributed by atoms with Crippen molar-refractivity contribution in [3.8, 4) is 67.3 Å². The predicted octanol–water partition coefficient (Wildman–Crippen LogP) is 15.4. The molecule has 4 nitrogen and oxygen atoms in total. The van der Waals surface area contributed by atoms with Crippen molar-refractivity contribution in [2.75, 3.05) is 0 Å². The van der Waals surface area contributed by atoms with Gasteiger partial charge in [-0.1, -0.05) is 182 Å². The van der Waals surface area contributed by atoms with Crippen molar-refractivity contribution >= 4 is 54.6 Å². The lowest BCUT2D eigenvalue weighted by Gasteiger charge is -2.11. The molecule has 280 valence electrons. The zero-order chi connectivity index (χ0) is 39.6. The maximum absolute atomic E-state index is 6.73. The first-order chi connectivity index (χ1) is 29.7. The summed E-state index contributed by atoms with van der Waals surface area (Å²) in [6.45, 7) is 0. The molecule has 0 radical (unpaired) electrons. The molecule has 0 aliphatic heterocycles. The minimum atomic E-state index is 0.708. The quantitative estimate of drug-likeness (QED) is 0.169. The zero-order valence-electron chi connectivity index (χ0n) is 32.3. The fraction of sp³-hybridized carbons (Fsp3) is 0. The van der Waals surface area contributed by atoms with Crippen LogP contribution in [0.1, 0.15) is 0 Å². The monoisotopic (exact) mass is 766 g/mol. The van der Waals surface area contributed by atoms with Gasteiger partial charge in [-0.25, -0.2) is 9.97 Å². The lowest BCUT2D eigenvalue weighted by molar-refractivity contribution is 0.670. The van der Waals surface area contributed by atoms with Crippen LogP contribution in [0.2, 0.25) is 0 Å². The Morgan fingerprint density at radius 3 is 1.52 bits per heavy atom. The van der Waals surface area contributed by atoms with Gasteiger partial charge in [0.2, 0.25) is 0 Å². The Hall–Kier alpha value is -8.08. The third-order valence-electron chi connectivity index (χ3n) is 11.7. The molecule has 12 aromatic rings. The third-order valence-corrected chi connectivity index (χ3v) is 11.7. The number of fused-ring (bicyclic) bond motifs is 8. The molecule has 0 unspecified atom stereocenters. The van der Waals surface area contributed by atoms with Gasteiger partial charge in [0, 0.05) is 49.2 Å². The number of rotatable bonds is 6. The van der Waals surface area contributed by atoms with E-state index >= 15 is 0 Å². The smallest absolute Gasteiger partial charge is 0.160 e. The Labute approximate surface area is 345 Å². The van der Waals surface area contributed by atoms with Crippen LogP contribution in [0, 0.1) is 0 Å². The van der Waals surface area contributed by atoms with Crippen LogP contribution in [0.5, 0.6) is 0 Å². The molecular formula is C56H34N2O2. The molecule has 0 saturated carbocycles. The second-order valence-electron chi connectivity index (χ2n) is 15.3. The molecule has 0 aliphatic carbocycles. The molecular weight excluding hydrogens is 733 g/mol. The second-order valence-corrected chi connectivity index (χ2v) is 15.3. The van der Waals surface area contributed by atoms with Crippen molar-refractivity contribution in [3.05, 3.63) is 206 Å². The Morgan fingerprint density at radius 1 is 0.283 bits per heavy atom. The Morgan fingerprint density at radius 2 is 0.783 bits per heavy atom. The molecule has 0 atom stereocenters. The van der Waals surface area contributed by atoms with E-state index in [1.807, 2.05) is 48.5 Å². The number of hydrogen-bond donors (Lipinski definition) is 0. The number of furan rings is 2. The SMILES string of the molecule is c1ccc(-c2cc(-c3ccc(-c4ccc(-c5cccc6oc7c8ccccc8c(-c8cccc9c8oc8ccccc89)cc7c56)cc4)cc3)nc(-c3ccccc3)n2)cc1. The van der Waals surface area contributed by atoms with Crippen molar-refractivity contribution in [1.82, 2.24) is 9.97 Å². The summed E-state index contributed by atoms with van der Waals surface area (Å²) in [6.07, 6.45) is 0. The Balaban J connectivity index is 0.930. The van der Waals surface area contributed by atoms with E-state index in [9.17, 15) is 0 Å². The van der Waals surface area contributed by atoms with Gasteiger partial charge in [0.05, 0.1) is 11.4 Å². The number of hydrogen-bond acceptors (Lipinski definition) is 4. The number of para-hydroxylation sites is 2. The van der Waals surface area contributed by atoms with Gasteiger partial charge in [-0.3, -0.25) is 0 Å². The van der Waals surface area contributed by atoms with Crippen LogP contribution in [0.4, 0.5) is 0 Å². The minimum absolute atomic E-state index is 0.708. The highest BCUT2D eigenvalue weighted by Crippen LogP contribution is 2.45. The van der Waals surface area contributed by atoms with Crippen LogP contribution in [0.3, 0.4) is 0 Å². The highest BCUT2D eigenvalue weighted by molar-refractivity contribution is 6.23. The fourth-order valence-electron chi connectivity index (χ4n) is 8.81. The molecule has 0 bridgehead atoms. The van der Waals surface area contributed by atoms with Crippen molar-refractivity contribution < 1.29 is 8.83 Å². The van der Waals surface area contributed by atoms with E-state index < -0.39 is 0 Å². The normalized spacial score (nSPS) is 11.7.